The van der Waals surface area contributed by atoms with E-state index in [-0.39, 0.29) is 24.0 Å². The third-order valence-corrected chi connectivity index (χ3v) is 6.40. The predicted octanol–water partition coefficient (Wildman–Crippen LogP) is 5.44. The Hall–Kier alpha value is -3.04. The largest absolute Gasteiger partial charge is 0.493 e. The van der Waals surface area contributed by atoms with Crippen LogP contribution in [0.2, 0.25) is 0 Å². The molecule has 6 nitrogen and oxygen atoms in total. The highest BCUT2D eigenvalue weighted by Gasteiger charge is 2.15. The summed E-state index contributed by atoms with van der Waals surface area (Å²) in [5, 5.41) is 0. The molecule has 0 amide bonds. The van der Waals surface area contributed by atoms with Crippen LogP contribution < -0.4 is 13.7 Å². The molecule has 35 heavy (non-hydrogen) atoms. The lowest BCUT2D eigenvalue weighted by Crippen LogP contribution is -2.10. The van der Waals surface area contributed by atoms with Gasteiger partial charge in [0, 0.05) is 18.6 Å². The second-order valence-corrected chi connectivity index (χ2v) is 10.3. The molecule has 0 atom stereocenters. The van der Waals surface area contributed by atoms with Gasteiger partial charge in [0.1, 0.15) is 23.1 Å². The van der Waals surface area contributed by atoms with E-state index in [2.05, 4.69) is 0 Å². The first-order valence-corrected chi connectivity index (χ1v) is 13.9. The summed E-state index contributed by atoms with van der Waals surface area (Å²) in [6.45, 7) is 2.04. The van der Waals surface area contributed by atoms with Crippen LogP contribution in [0.1, 0.15) is 24.5 Å². The second kappa shape index (κ2) is 12.6. The van der Waals surface area contributed by atoms with Gasteiger partial charge in [-0.2, -0.15) is 8.42 Å². The highest BCUT2D eigenvalue weighted by atomic mass is 32.2. The molecule has 186 valence electrons. The number of carbonyl (C=O) groups is 1. The van der Waals surface area contributed by atoms with Crippen molar-refractivity contribution in [3.63, 3.8) is 0 Å². The number of ether oxygens (including phenoxy) is 2. The van der Waals surface area contributed by atoms with Crippen LogP contribution in [0.15, 0.2) is 71.6 Å². The third-order valence-electron chi connectivity index (χ3n) is 4.86. The van der Waals surface area contributed by atoms with Gasteiger partial charge in [-0.25, -0.2) is 4.39 Å². The van der Waals surface area contributed by atoms with E-state index in [0.29, 0.717) is 42.3 Å². The Morgan fingerprint density at radius 1 is 0.914 bits per heavy atom. The van der Waals surface area contributed by atoms with Crippen molar-refractivity contribution in [1.29, 1.82) is 0 Å². The number of hydrogen-bond donors (Lipinski definition) is 0. The molecule has 0 aliphatic carbocycles. The zero-order valence-corrected chi connectivity index (χ0v) is 21.2. The van der Waals surface area contributed by atoms with Gasteiger partial charge in [-0.15, -0.1) is 11.8 Å². The number of esters is 1. The summed E-state index contributed by atoms with van der Waals surface area (Å²) in [7, 11) is -3.59. The Morgan fingerprint density at radius 2 is 1.60 bits per heavy atom. The van der Waals surface area contributed by atoms with Gasteiger partial charge in [-0.05, 0) is 53.9 Å². The molecule has 0 spiro atoms. The van der Waals surface area contributed by atoms with E-state index in [9.17, 15) is 17.6 Å². The molecule has 0 aliphatic rings. The van der Waals surface area contributed by atoms with Gasteiger partial charge in [0.15, 0.2) is 0 Å². The molecule has 0 unspecified atom stereocenters. The highest BCUT2D eigenvalue weighted by molar-refractivity contribution is 7.99. The molecule has 0 heterocycles. The van der Waals surface area contributed by atoms with E-state index in [1.165, 1.54) is 30.0 Å². The maximum absolute atomic E-state index is 13.9. The average molecular weight is 519 g/mol. The standard InChI is InChI=1S/C26H27FO6S2/c1-3-25(28)32-26-20(15-17-31-21-11-13-22(14-12-21)33-35(2,29)30)8-6-10-24(26)34-18-16-19-7-4-5-9-23(19)27/h4-14H,3,15-18H2,1-2H3. The van der Waals surface area contributed by atoms with Crippen molar-refractivity contribution >= 4 is 27.8 Å². The van der Waals surface area contributed by atoms with Crippen LogP contribution in [0, 0.1) is 5.82 Å². The summed E-state index contributed by atoms with van der Waals surface area (Å²) in [6, 6.07) is 18.6. The fourth-order valence-corrected chi connectivity index (χ4v) is 4.67. The van der Waals surface area contributed by atoms with Gasteiger partial charge in [0.05, 0.1) is 17.8 Å². The van der Waals surface area contributed by atoms with Gasteiger partial charge in [-0.1, -0.05) is 37.3 Å². The molecule has 0 saturated heterocycles. The molecular formula is C26H27FO6S2. The number of hydrogen-bond acceptors (Lipinski definition) is 7. The van der Waals surface area contributed by atoms with Crippen molar-refractivity contribution in [2.24, 2.45) is 0 Å². The lowest BCUT2D eigenvalue weighted by atomic mass is 10.1. The van der Waals surface area contributed by atoms with Gasteiger partial charge in [0.2, 0.25) is 0 Å². The van der Waals surface area contributed by atoms with E-state index in [4.69, 9.17) is 13.7 Å². The fourth-order valence-electron chi connectivity index (χ4n) is 3.19. The zero-order valence-electron chi connectivity index (χ0n) is 19.5. The Kier molecular flexibility index (Phi) is 9.56. The van der Waals surface area contributed by atoms with E-state index in [0.717, 1.165) is 16.7 Å². The van der Waals surface area contributed by atoms with Gasteiger partial charge >= 0.3 is 16.1 Å². The molecule has 0 aliphatic heterocycles. The fraction of sp³-hybridized carbons (Fsp3) is 0.269. The third kappa shape index (κ3) is 8.60. The Labute approximate surface area is 209 Å². The summed E-state index contributed by atoms with van der Waals surface area (Å²) >= 11 is 1.51. The van der Waals surface area contributed by atoms with Crippen molar-refractivity contribution < 1.29 is 31.3 Å². The number of para-hydroxylation sites is 1. The van der Waals surface area contributed by atoms with Gasteiger partial charge in [-0.3, -0.25) is 4.79 Å². The van der Waals surface area contributed by atoms with Crippen LogP contribution in [-0.4, -0.2) is 33.0 Å². The Bertz CT molecular complexity index is 1240. The summed E-state index contributed by atoms with van der Waals surface area (Å²) in [6.07, 6.45) is 2.25. The first-order valence-electron chi connectivity index (χ1n) is 11.1. The number of aryl methyl sites for hydroxylation is 1. The molecule has 3 aromatic rings. The molecule has 3 aromatic carbocycles. The zero-order chi connectivity index (χ0) is 25.3. The lowest BCUT2D eigenvalue weighted by Gasteiger charge is -2.15. The molecule has 0 aromatic heterocycles. The summed E-state index contributed by atoms with van der Waals surface area (Å²) < 4.78 is 52.6. The smallest absolute Gasteiger partial charge is 0.310 e. The number of rotatable bonds is 12. The number of halogens is 1. The minimum atomic E-state index is -3.59. The quantitative estimate of drug-likeness (QED) is 0.137. The summed E-state index contributed by atoms with van der Waals surface area (Å²) in [4.78, 5) is 12.9. The number of thioether (sulfide) groups is 1. The number of benzene rings is 3. The molecular weight excluding hydrogens is 491 g/mol. The van der Waals surface area contributed by atoms with Gasteiger partial charge < -0.3 is 13.7 Å². The number of carbonyl (C=O) groups excluding carboxylic acids is 1. The maximum Gasteiger partial charge on any atom is 0.310 e. The molecule has 0 saturated carbocycles. The van der Waals surface area contributed by atoms with E-state index in [1.807, 2.05) is 24.3 Å². The van der Waals surface area contributed by atoms with Crippen LogP contribution in [0.5, 0.6) is 17.2 Å². The monoisotopic (exact) mass is 518 g/mol. The Morgan fingerprint density at radius 3 is 2.29 bits per heavy atom. The van der Waals surface area contributed by atoms with Gasteiger partial charge in [0.25, 0.3) is 0 Å². The summed E-state index contributed by atoms with van der Waals surface area (Å²) in [5.41, 5.74) is 1.46. The van der Waals surface area contributed by atoms with E-state index < -0.39 is 10.1 Å². The second-order valence-electron chi connectivity index (χ2n) is 7.62. The maximum atomic E-state index is 13.9. The predicted molar refractivity (Wildman–Crippen MR) is 134 cm³/mol. The SMILES string of the molecule is CCC(=O)Oc1c(CCOc2ccc(OS(C)(=O)=O)cc2)cccc1SCCc1ccccc1F. The molecule has 3 rings (SSSR count). The summed E-state index contributed by atoms with van der Waals surface area (Å²) in [5.74, 6) is 1.31. The van der Waals surface area contributed by atoms with Crippen LogP contribution in [0.3, 0.4) is 0 Å². The van der Waals surface area contributed by atoms with Crippen molar-refractivity contribution in [2.75, 3.05) is 18.6 Å². The van der Waals surface area contributed by atoms with E-state index >= 15 is 0 Å². The van der Waals surface area contributed by atoms with E-state index in [1.54, 1.807) is 31.2 Å². The normalized spacial score (nSPS) is 11.2. The minimum absolute atomic E-state index is 0.203. The molecule has 0 fully saturated rings. The molecule has 9 heteroatoms. The van der Waals surface area contributed by atoms with Crippen LogP contribution in [0.25, 0.3) is 0 Å². The van der Waals surface area contributed by atoms with Crippen molar-refractivity contribution in [3.05, 3.63) is 83.7 Å². The lowest BCUT2D eigenvalue weighted by molar-refractivity contribution is -0.134. The molecule has 0 N–H and O–H groups in total. The van der Waals surface area contributed by atoms with Crippen LogP contribution in [0.4, 0.5) is 4.39 Å². The average Bonchev–Trinajstić information content (AvgIpc) is 2.82. The topological polar surface area (TPSA) is 78.9 Å². The van der Waals surface area contributed by atoms with Crippen molar-refractivity contribution in [3.8, 4) is 17.2 Å². The van der Waals surface area contributed by atoms with Crippen LogP contribution >= 0.6 is 11.8 Å². The highest BCUT2D eigenvalue weighted by Crippen LogP contribution is 2.34. The van der Waals surface area contributed by atoms with Crippen molar-refractivity contribution in [2.45, 2.75) is 31.1 Å². The van der Waals surface area contributed by atoms with Crippen LogP contribution in [-0.2, 0) is 27.8 Å². The van der Waals surface area contributed by atoms with Crippen molar-refractivity contribution in [1.82, 2.24) is 0 Å². The first kappa shape index (κ1) is 26.6. The first-order chi connectivity index (χ1) is 16.7. The molecule has 0 radical (unpaired) electrons. The molecule has 0 bridgehead atoms. The Balaban J connectivity index is 1.65. The minimum Gasteiger partial charge on any atom is -0.493 e.